The predicted octanol–water partition coefficient (Wildman–Crippen LogP) is 3.53. The van der Waals surface area contributed by atoms with E-state index in [0.717, 1.165) is 34.7 Å². The summed E-state index contributed by atoms with van der Waals surface area (Å²) in [6, 6.07) is 3.96. The number of nitrogens with zero attached hydrogens (tertiary/aromatic N) is 2. The first kappa shape index (κ1) is 19.2. The van der Waals surface area contributed by atoms with Gasteiger partial charge in [0.1, 0.15) is 5.76 Å². The molecule has 122 valence electrons. The first-order valence-corrected chi connectivity index (χ1v) is 7.89. The summed E-state index contributed by atoms with van der Waals surface area (Å²) in [5.41, 5.74) is 0.921. The molecule has 0 fully saturated rings. The average molecular weight is 455 g/mol. The number of halogens is 2. The van der Waals surface area contributed by atoms with Crippen molar-refractivity contribution in [3.05, 3.63) is 38.7 Å². The highest BCUT2D eigenvalue weighted by Crippen LogP contribution is 2.21. The van der Waals surface area contributed by atoms with E-state index in [1.54, 1.807) is 18.4 Å². The van der Waals surface area contributed by atoms with Gasteiger partial charge in [0.2, 0.25) is 5.89 Å². The molecule has 2 N–H and O–H groups in total. The molecule has 0 spiro atoms. The fourth-order valence-electron chi connectivity index (χ4n) is 1.78. The molecule has 0 atom stereocenters. The van der Waals surface area contributed by atoms with E-state index in [1.165, 1.54) is 4.88 Å². The van der Waals surface area contributed by atoms with Crippen molar-refractivity contribution in [2.75, 3.05) is 13.6 Å². The molecule has 2 heterocycles. The van der Waals surface area contributed by atoms with Gasteiger partial charge in [-0.25, -0.2) is 4.98 Å². The summed E-state index contributed by atoms with van der Waals surface area (Å²) in [6.07, 6.45) is 0.912. The van der Waals surface area contributed by atoms with Gasteiger partial charge in [0, 0.05) is 18.5 Å². The molecule has 0 aliphatic heterocycles. The summed E-state index contributed by atoms with van der Waals surface area (Å²) >= 11 is 7.51. The smallest absolute Gasteiger partial charge is 0.214 e. The maximum absolute atomic E-state index is 5.91. The Labute approximate surface area is 156 Å². The number of hydrogen-bond donors (Lipinski definition) is 2. The lowest BCUT2D eigenvalue weighted by Crippen LogP contribution is -2.37. The fraction of sp³-hybridized carbons (Fsp3) is 0.429. The Hall–Kier alpha value is -0.800. The number of aryl methyl sites for hydroxylation is 2. The zero-order chi connectivity index (χ0) is 15.2. The third-order valence-electron chi connectivity index (χ3n) is 3.00. The molecular weight excluding hydrogens is 435 g/mol. The van der Waals surface area contributed by atoms with E-state index in [4.69, 9.17) is 16.0 Å². The Morgan fingerprint density at radius 2 is 2.14 bits per heavy atom. The Morgan fingerprint density at radius 3 is 2.68 bits per heavy atom. The van der Waals surface area contributed by atoms with E-state index in [0.29, 0.717) is 12.4 Å². The molecule has 5 nitrogen and oxygen atoms in total. The molecule has 0 aromatic carbocycles. The summed E-state index contributed by atoms with van der Waals surface area (Å²) in [6.45, 7) is 5.14. The van der Waals surface area contributed by atoms with E-state index in [2.05, 4.69) is 20.6 Å². The molecule has 2 aromatic heterocycles. The first-order valence-electron chi connectivity index (χ1n) is 6.70. The van der Waals surface area contributed by atoms with Crippen LogP contribution in [0.25, 0.3) is 0 Å². The van der Waals surface area contributed by atoms with Crippen LogP contribution in [0.1, 0.15) is 22.2 Å². The zero-order valence-electron chi connectivity index (χ0n) is 12.8. The second kappa shape index (κ2) is 9.36. The van der Waals surface area contributed by atoms with Crippen molar-refractivity contribution in [3.63, 3.8) is 0 Å². The fourth-order valence-corrected chi connectivity index (χ4v) is 2.87. The summed E-state index contributed by atoms with van der Waals surface area (Å²) in [7, 11) is 1.74. The summed E-state index contributed by atoms with van der Waals surface area (Å²) in [4.78, 5) is 9.74. The Bertz CT molecular complexity index is 607. The van der Waals surface area contributed by atoms with Crippen molar-refractivity contribution in [1.29, 1.82) is 0 Å². The second-order valence-electron chi connectivity index (χ2n) is 4.56. The summed E-state index contributed by atoms with van der Waals surface area (Å²) in [5, 5.41) is 6.43. The van der Waals surface area contributed by atoms with Crippen LogP contribution in [0.2, 0.25) is 4.34 Å². The molecule has 8 heteroatoms. The molecule has 0 aliphatic rings. The van der Waals surface area contributed by atoms with Crippen LogP contribution in [0.15, 0.2) is 21.5 Å². The van der Waals surface area contributed by atoms with Crippen LogP contribution in [0.4, 0.5) is 0 Å². The van der Waals surface area contributed by atoms with Crippen LogP contribution in [0.5, 0.6) is 0 Å². The minimum atomic E-state index is 0. The van der Waals surface area contributed by atoms with Gasteiger partial charge in [-0.1, -0.05) is 11.6 Å². The number of thiophene rings is 1. The van der Waals surface area contributed by atoms with E-state index in [9.17, 15) is 0 Å². The highest BCUT2D eigenvalue weighted by Gasteiger charge is 2.06. The van der Waals surface area contributed by atoms with Crippen LogP contribution in [0.3, 0.4) is 0 Å². The summed E-state index contributed by atoms with van der Waals surface area (Å²) in [5.74, 6) is 2.24. The zero-order valence-corrected chi connectivity index (χ0v) is 16.7. The molecule has 22 heavy (non-hydrogen) atoms. The lowest BCUT2D eigenvalue weighted by molar-refractivity contribution is 0.464. The third-order valence-corrected chi connectivity index (χ3v) is 4.29. The van der Waals surface area contributed by atoms with Crippen LogP contribution >= 0.6 is 46.9 Å². The number of hydrogen-bond acceptors (Lipinski definition) is 4. The molecule has 0 aliphatic carbocycles. The Kier molecular flexibility index (Phi) is 8.19. The van der Waals surface area contributed by atoms with E-state index in [-0.39, 0.29) is 24.0 Å². The van der Waals surface area contributed by atoms with Crippen LogP contribution in [-0.4, -0.2) is 24.5 Å². The number of oxazole rings is 1. The van der Waals surface area contributed by atoms with Crippen LogP contribution in [0, 0.1) is 13.8 Å². The van der Waals surface area contributed by atoms with E-state index >= 15 is 0 Å². The summed E-state index contributed by atoms with van der Waals surface area (Å²) < 4.78 is 6.34. The SMILES string of the molecule is CN=C(NCCc1ccc(Cl)s1)NCc1nc(C)c(C)o1.I. The van der Waals surface area contributed by atoms with Crippen LogP contribution < -0.4 is 10.6 Å². The lowest BCUT2D eigenvalue weighted by atomic mass is 10.3. The van der Waals surface area contributed by atoms with Gasteiger partial charge in [-0.05, 0) is 32.4 Å². The van der Waals surface area contributed by atoms with Gasteiger partial charge in [-0.2, -0.15) is 0 Å². The van der Waals surface area contributed by atoms with Crippen LogP contribution in [-0.2, 0) is 13.0 Å². The van der Waals surface area contributed by atoms with Gasteiger partial charge in [0.25, 0.3) is 0 Å². The minimum Gasteiger partial charge on any atom is -0.444 e. The van der Waals surface area contributed by atoms with Crippen molar-refractivity contribution in [2.45, 2.75) is 26.8 Å². The molecule has 0 saturated heterocycles. The van der Waals surface area contributed by atoms with Crippen molar-refractivity contribution in [2.24, 2.45) is 4.99 Å². The quantitative estimate of drug-likeness (QED) is 0.412. The van der Waals surface area contributed by atoms with E-state index < -0.39 is 0 Å². The van der Waals surface area contributed by atoms with Gasteiger partial charge < -0.3 is 15.1 Å². The number of aromatic nitrogens is 1. The average Bonchev–Trinajstić information content (AvgIpc) is 3.00. The van der Waals surface area contributed by atoms with Crippen molar-refractivity contribution < 1.29 is 4.42 Å². The molecule has 0 bridgehead atoms. The van der Waals surface area contributed by atoms with Gasteiger partial charge >= 0.3 is 0 Å². The molecular formula is C14H20ClIN4OS. The van der Waals surface area contributed by atoms with Gasteiger partial charge in [-0.3, -0.25) is 4.99 Å². The third kappa shape index (κ3) is 5.77. The van der Waals surface area contributed by atoms with E-state index in [1.807, 2.05) is 26.0 Å². The molecule has 2 aromatic rings. The molecule has 0 saturated carbocycles. The lowest BCUT2D eigenvalue weighted by Gasteiger charge is -2.09. The Morgan fingerprint density at radius 1 is 1.36 bits per heavy atom. The predicted molar refractivity (Wildman–Crippen MR) is 103 cm³/mol. The normalized spacial score (nSPS) is 11.2. The number of rotatable bonds is 5. The molecule has 0 radical (unpaired) electrons. The van der Waals surface area contributed by atoms with Gasteiger partial charge in [0.05, 0.1) is 16.6 Å². The topological polar surface area (TPSA) is 62.5 Å². The van der Waals surface area contributed by atoms with Crippen molar-refractivity contribution in [1.82, 2.24) is 15.6 Å². The molecule has 2 rings (SSSR count). The minimum absolute atomic E-state index is 0. The standard InChI is InChI=1S/C14H19ClN4OS.HI/c1-9-10(2)20-13(19-9)8-18-14(16-3)17-7-6-11-4-5-12(15)21-11;/h4-5H,6-8H2,1-3H3,(H2,16,17,18);1H. The number of nitrogens with one attached hydrogen (secondary N) is 2. The Balaban J connectivity index is 0.00000242. The maximum Gasteiger partial charge on any atom is 0.214 e. The van der Waals surface area contributed by atoms with Crippen molar-refractivity contribution in [3.8, 4) is 0 Å². The number of guanidine groups is 1. The van der Waals surface area contributed by atoms with Crippen molar-refractivity contribution >= 4 is 52.9 Å². The highest BCUT2D eigenvalue weighted by molar-refractivity contribution is 14.0. The maximum atomic E-state index is 5.91. The molecule has 0 unspecified atom stereocenters. The number of aliphatic imine (C=N–C) groups is 1. The first-order chi connectivity index (χ1) is 10.1. The monoisotopic (exact) mass is 454 g/mol. The van der Waals surface area contributed by atoms with Gasteiger partial charge in [-0.15, -0.1) is 35.3 Å². The molecule has 0 amide bonds. The van der Waals surface area contributed by atoms with Gasteiger partial charge in [0.15, 0.2) is 5.96 Å². The second-order valence-corrected chi connectivity index (χ2v) is 6.36. The highest BCUT2D eigenvalue weighted by atomic mass is 127. The largest absolute Gasteiger partial charge is 0.444 e.